The highest BCUT2D eigenvalue weighted by Gasteiger charge is 2.16. The van der Waals surface area contributed by atoms with Crippen molar-refractivity contribution in [2.75, 3.05) is 20.3 Å². The molecule has 0 bridgehead atoms. The van der Waals surface area contributed by atoms with Crippen LogP contribution in [0.15, 0.2) is 54.9 Å². The van der Waals surface area contributed by atoms with Crippen molar-refractivity contribution in [2.45, 2.75) is 6.92 Å². The lowest BCUT2D eigenvalue weighted by atomic mass is 10.1. The van der Waals surface area contributed by atoms with Gasteiger partial charge in [-0.15, -0.1) is 0 Å². The number of rotatable bonds is 8. The Morgan fingerprint density at radius 1 is 1.07 bits per heavy atom. The molecule has 3 rings (SSSR count). The molecule has 2 aromatic carbocycles. The van der Waals surface area contributed by atoms with E-state index in [0.29, 0.717) is 18.1 Å². The zero-order valence-electron chi connectivity index (χ0n) is 16.5. The summed E-state index contributed by atoms with van der Waals surface area (Å²) in [5, 5.41) is 2.45. The van der Waals surface area contributed by atoms with Crippen molar-refractivity contribution in [1.29, 1.82) is 0 Å². The van der Waals surface area contributed by atoms with Crippen LogP contribution >= 0.6 is 0 Å². The molecule has 1 amide bonds. The van der Waals surface area contributed by atoms with Crippen LogP contribution in [0.25, 0.3) is 11.3 Å². The smallest absolute Gasteiger partial charge is 0.271 e. The van der Waals surface area contributed by atoms with Gasteiger partial charge in [0.15, 0.2) is 5.78 Å². The highest BCUT2D eigenvalue weighted by atomic mass is 19.1. The Balaban J connectivity index is 1.69. The molecule has 0 atom stereocenters. The summed E-state index contributed by atoms with van der Waals surface area (Å²) >= 11 is 0. The Labute approximate surface area is 172 Å². The number of methoxy groups -OCH3 is 1. The first-order valence-electron chi connectivity index (χ1n) is 9.22. The van der Waals surface area contributed by atoms with E-state index in [-0.39, 0.29) is 11.3 Å². The van der Waals surface area contributed by atoms with Crippen LogP contribution in [-0.2, 0) is 0 Å². The van der Waals surface area contributed by atoms with Gasteiger partial charge in [-0.1, -0.05) is 0 Å². The number of carbonyl (C=O) groups excluding carboxylic acids is 2. The number of hydrogen-bond acceptors (Lipinski definition) is 6. The molecule has 0 saturated heterocycles. The van der Waals surface area contributed by atoms with Gasteiger partial charge >= 0.3 is 0 Å². The van der Waals surface area contributed by atoms with Crippen LogP contribution in [0, 0.1) is 5.82 Å². The van der Waals surface area contributed by atoms with E-state index in [1.165, 1.54) is 31.6 Å². The van der Waals surface area contributed by atoms with E-state index in [4.69, 9.17) is 9.47 Å². The molecule has 154 valence electrons. The maximum Gasteiger partial charge on any atom is 0.271 e. The molecular formula is C22H20FN3O4. The summed E-state index contributed by atoms with van der Waals surface area (Å²) in [5.41, 5.74) is 1.13. The van der Waals surface area contributed by atoms with Gasteiger partial charge in [0.2, 0.25) is 0 Å². The van der Waals surface area contributed by atoms with E-state index in [1.807, 2.05) is 19.1 Å². The number of ether oxygens (including phenoxy) is 2. The summed E-state index contributed by atoms with van der Waals surface area (Å²) in [6.07, 6.45) is 2.83. The van der Waals surface area contributed by atoms with Crippen LogP contribution in [0.3, 0.4) is 0 Å². The molecule has 1 aromatic heterocycles. The van der Waals surface area contributed by atoms with Gasteiger partial charge < -0.3 is 14.8 Å². The van der Waals surface area contributed by atoms with Gasteiger partial charge in [0.05, 0.1) is 43.9 Å². The molecule has 8 heteroatoms. The Hall–Kier alpha value is -3.81. The fourth-order valence-corrected chi connectivity index (χ4v) is 2.69. The second-order valence-electron chi connectivity index (χ2n) is 6.20. The minimum absolute atomic E-state index is 0.0419. The second-order valence-corrected chi connectivity index (χ2v) is 6.20. The number of benzene rings is 2. The highest BCUT2D eigenvalue weighted by molar-refractivity contribution is 6.02. The van der Waals surface area contributed by atoms with Crippen LogP contribution in [0.2, 0.25) is 0 Å². The van der Waals surface area contributed by atoms with E-state index < -0.39 is 24.1 Å². The Kier molecular flexibility index (Phi) is 6.69. The summed E-state index contributed by atoms with van der Waals surface area (Å²) in [6, 6.07) is 11.1. The molecule has 0 aliphatic carbocycles. The van der Waals surface area contributed by atoms with Crippen molar-refractivity contribution in [2.24, 2.45) is 0 Å². The minimum atomic E-state index is -0.688. The zero-order valence-corrected chi connectivity index (χ0v) is 16.5. The molecule has 3 aromatic rings. The minimum Gasteiger partial charge on any atom is -0.497 e. The number of hydrogen-bond donors (Lipinski definition) is 1. The van der Waals surface area contributed by atoms with Crippen LogP contribution in [0.1, 0.15) is 27.8 Å². The van der Waals surface area contributed by atoms with Crippen LogP contribution in [0.4, 0.5) is 4.39 Å². The van der Waals surface area contributed by atoms with Gasteiger partial charge in [-0.3, -0.25) is 14.6 Å². The molecule has 0 unspecified atom stereocenters. The third kappa shape index (κ3) is 4.96. The lowest BCUT2D eigenvalue weighted by Gasteiger charge is -2.08. The van der Waals surface area contributed by atoms with E-state index >= 15 is 0 Å². The predicted molar refractivity (Wildman–Crippen MR) is 108 cm³/mol. The van der Waals surface area contributed by atoms with Gasteiger partial charge in [-0.05, 0) is 49.4 Å². The zero-order chi connectivity index (χ0) is 21.5. The third-order valence-electron chi connectivity index (χ3n) is 4.21. The van der Waals surface area contributed by atoms with E-state index in [0.717, 1.165) is 17.4 Å². The van der Waals surface area contributed by atoms with Crippen molar-refractivity contribution >= 4 is 11.7 Å². The second kappa shape index (κ2) is 9.60. The van der Waals surface area contributed by atoms with Gasteiger partial charge in [-0.25, -0.2) is 9.37 Å². The summed E-state index contributed by atoms with van der Waals surface area (Å²) in [7, 11) is 1.42. The molecular weight excluding hydrogens is 389 g/mol. The first kappa shape index (κ1) is 20.9. The van der Waals surface area contributed by atoms with Crippen LogP contribution in [0.5, 0.6) is 11.5 Å². The number of Topliss-reactive ketones (excluding diaryl/α,β-unsaturated/α-hetero) is 1. The highest BCUT2D eigenvalue weighted by Crippen LogP contribution is 2.20. The first-order valence-corrected chi connectivity index (χ1v) is 9.22. The molecule has 0 spiro atoms. The molecule has 1 heterocycles. The number of amides is 1. The summed E-state index contributed by atoms with van der Waals surface area (Å²) < 4.78 is 24.3. The number of aromatic nitrogens is 2. The number of nitrogens with zero attached hydrogens (tertiary/aromatic N) is 2. The van der Waals surface area contributed by atoms with Gasteiger partial charge in [0.1, 0.15) is 23.0 Å². The third-order valence-corrected chi connectivity index (χ3v) is 4.21. The van der Waals surface area contributed by atoms with Crippen molar-refractivity contribution in [3.8, 4) is 22.8 Å². The lowest BCUT2D eigenvalue weighted by Crippen LogP contribution is -2.30. The SMILES string of the molecule is CCOc1ccc(-c2cncc(C(=O)NCC(=O)c3cc(OC)ccc3F)n2)cc1. The number of ketones is 1. The van der Waals surface area contributed by atoms with E-state index in [1.54, 1.807) is 12.1 Å². The molecule has 7 nitrogen and oxygen atoms in total. The maximum atomic E-state index is 13.9. The average Bonchev–Trinajstić information content (AvgIpc) is 2.78. The average molecular weight is 409 g/mol. The molecule has 0 saturated carbocycles. The van der Waals surface area contributed by atoms with Gasteiger partial charge in [0, 0.05) is 5.56 Å². The topological polar surface area (TPSA) is 90.4 Å². The largest absolute Gasteiger partial charge is 0.497 e. The monoisotopic (exact) mass is 409 g/mol. The lowest BCUT2D eigenvalue weighted by molar-refractivity contribution is 0.0899. The fourth-order valence-electron chi connectivity index (χ4n) is 2.69. The fraction of sp³-hybridized carbons (Fsp3) is 0.182. The Bertz CT molecular complexity index is 1050. The standard InChI is InChI=1S/C22H20FN3O4/c1-3-30-15-6-4-14(5-7-15)19-11-24-12-20(26-19)22(28)25-13-21(27)17-10-16(29-2)8-9-18(17)23/h4-12H,3,13H2,1-2H3,(H,25,28). The Morgan fingerprint density at radius 3 is 2.50 bits per heavy atom. The van der Waals surface area contributed by atoms with Crippen molar-refractivity contribution in [3.63, 3.8) is 0 Å². The van der Waals surface area contributed by atoms with Crippen molar-refractivity contribution in [3.05, 3.63) is 71.9 Å². The molecule has 30 heavy (non-hydrogen) atoms. The van der Waals surface area contributed by atoms with Gasteiger partial charge in [-0.2, -0.15) is 0 Å². The quantitative estimate of drug-likeness (QED) is 0.574. The van der Waals surface area contributed by atoms with Crippen molar-refractivity contribution in [1.82, 2.24) is 15.3 Å². The molecule has 1 N–H and O–H groups in total. The molecule has 0 radical (unpaired) electrons. The van der Waals surface area contributed by atoms with E-state index in [9.17, 15) is 14.0 Å². The summed E-state index contributed by atoms with van der Waals surface area (Å²) in [5.74, 6) is -0.791. The summed E-state index contributed by atoms with van der Waals surface area (Å²) in [6.45, 7) is 2.07. The Morgan fingerprint density at radius 2 is 1.80 bits per heavy atom. The van der Waals surface area contributed by atoms with Crippen LogP contribution < -0.4 is 14.8 Å². The summed E-state index contributed by atoms with van der Waals surface area (Å²) in [4.78, 5) is 33.0. The molecule has 0 aliphatic rings. The van der Waals surface area contributed by atoms with Crippen LogP contribution in [-0.4, -0.2) is 41.9 Å². The normalized spacial score (nSPS) is 10.4. The number of halogens is 1. The van der Waals surface area contributed by atoms with Crippen molar-refractivity contribution < 1.29 is 23.5 Å². The van der Waals surface area contributed by atoms with E-state index in [2.05, 4.69) is 15.3 Å². The predicted octanol–water partition coefficient (Wildman–Crippen LogP) is 3.30. The molecule has 0 fully saturated rings. The van der Waals surface area contributed by atoms with Gasteiger partial charge in [0.25, 0.3) is 5.91 Å². The number of carbonyl (C=O) groups is 2. The number of nitrogens with one attached hydrogen (secondary N) is 1. The first-order chi connectivity index (χ1) is 14.5. The molecule has 0 aliphatic heterocycles. The maximum absolute atomic E-state index is 13.9.